The Morgan fingerprint density at radius 2 is 2.32 bits per heavy atom. The van der Waals surface area contributed by atoms with Crippen molar-refractivity contribution in [2.45, 2.75) is 25.7 Å². The average Bonchev–Trinajstić information content (AvgIpc) is 2.66. The van der Waals surface area contributed by atoms with Crippen LogP contribution in [-0.2, 0) is 9.47 Å². The summed E-state index contributed by atoms with van der Waals surface area (Å²) < 4.78 is 11.0. The lowest BCUT2D eigenvalue weighted by molar-refractivity contribution is -0.137. The zero-order valence-electron chi connectivity index (χ0n) is 10.9. The molecule has 1 atom stereocenters. The molecule has 2 rings (SSSR count). The summed E-state index contributed by atoms with van der Waals surface area (Å²) in [5.41, 5.74) is 0.647. The molecule has 1 saturated heterocycles. The van der Waals surface area contributed by atoms with Gasteiger partial charge in [-0.1, -0.05) is 17.7 Å². The number of anilines is 1. The second kappa shape index (κ2) is 5.77. The van der Waals surface area contributed by atoms with Crippen LogP contribution >= 0.6 is 11.6 Å². The van der Waals surface area contributed by atoms with Crippen molar-refractivity contribution in [1.29, 1.82) is 0 Å². The predicted molar refractivity (Wildman–Crippen MR) is 73.4 cm³/mol. The molecule has 0 saturated carbocycles. The Kier molecular flexibility index (Phi) is 4.29. The molecule has 1 fully saturated rings. The number of amides is 2. The first-order valence-electron chi connectivity index (χ1n) is 6.07. The normalized spacial score (nSPS) is 21.1. The lowest BCUT2D eigenvalue weighted by Gasteiger charge is -2.17. The van der Waals surface area contributed by atoms with Gasteiger partial charge in [0.2, 0.25) is 0 Å². The number of ether oxygens (including phenoxy) is 2. The van der Waals surface area contributed by atoms with Gasteiger partial charge in [0.25, 0.3) is 0 Å². The Morgan fingerprint density at radius 1 is 1.53 bits per heavy atom. The lowest BCUT2D eigenvalue weighted by Crippen LogP contribution is -2.37. The number of hydrogen-bond acceptors (Lipinski definition) is 3. The predicted octanol–water partition coefficient (Wildman–Crippen LogP) is 2.61. The van der Waals surface area contributed by atoms with Crippen molar-refractivity contribution in [1.82, 2.24) is 5.32 Å². The Bertz CT molecular complexity index is 465. The molecule has 0 aromatic heterocycles. The quantitative estimate of drug-likeness (QED) is 0.897. The minimum absolute atomic E-state index is 0.125. The zero-order valence-corrected chi connectivity index (χ0v) is 11.7. The van der Waals surface area contributed by atoms with Crippen molar-refractivity contribution >= 4 is 23.3 Å². The summed E-state index contributed by atoms with van der Waals surface area (Å²) >= 11 is 5.83. The van der Waals surface area contributed by atoms with Crippen LogP contribution in [0.5, 0.6) is 0 Å². The van der Waals surface area contributed by atoms with Crippen LogP contribution in [0, 0.1) is 0 Å². The first-order valence-corrected chi connectivity index (χ1v) is 6.45. The van der Waals surface area contributed by atoms with Crippen molar-refractivity contribution < 1.29 is 14.3 Å². The van der Waals surface area contributed by atoms with E-state index >= 15 is 0 Å². The van der Waals surface area contributed by atoms with Gasteiger partial charge in [-0.25, -0.2) is 4.79 Å². The topological polar surface area (TPSA) is 59.6 Å². The van der Waals surface area contributed by atoms with Crippen molar-refractivity contribution in [2.24, 2.45) is 0 Å². The standard InChI is InChI=1S/C13H17ClN2O3/c1-13(2)18-8-11(19-13)7-15-12(17)16-10-5-3-4-9(14)6-10/h3-6,11H,7-8H2,1-2H3,(H2,15,16,17). The fraction of sp³-hybridized carbons (Fsp3) is 0.462. The summed E-state index contributed by atoms with van der Waals surface area (Å²) in [4.78, 5) is 11.7. The molecule has 2 amide bonds. The third-order valence-corrected chi connectivity index (χ3v) is 2.88. The summed E-state index contributed by atoms with van der Waals surface area (Å²) in [5, 5.41) is 6.00. The van der Waals surface area contributed by atoms with E-state index in [1.165, 1.54) is 0 Å². The average molecular weight is 285 g/mol. The third kappa shape index (κ3) is 4.38. The number of carbonyl (C=O) groups excluding carboxylic acids is 1. The number of halogens is 1. The molecule has 0 radical (unpaired) electrons. The molecule has 104 valence electrons. The molecule has 0 spiro atoms. The molecule has 1 aromatic carbocycles. The molecule has 6 heteroatoms. The molecule has 19 heavy (non-hydrogen) atoms. The van der Waals surface area contributed by atoms with Gasteiger partial charge in [0, 0.05) is 17.3 Å². The summed E-state index contributed by atoms with van der Waals surface area (Å²) in [6.45, 7) is 4.57. The van der Waals surface area contributed by atoms with Crippen molar-refractivity contribution in [3.05, 3.63) is 29.3 Å². The molecule has 5 nitrogen and oxygen atoms in total. The lowest BCUT2D eigenvalue weighted by atomic mass is 10.3. The van der Waals surface area contributed by atoms with Gasteiger partial charge in [0.1, 0.15) is 6.10 Å². The smallest absolute Gasteiger partial charge is 0.319 e. The molecule has 1 heterocycles. The van der Waals surface area contributed by atoms with Crippen molar-refractivity contribution in [3.63, 3.8) is 0 Å². The minimum atomic E-state index is -0.574. The van der Waals surface area contributed by atoms with Gasteiger partial charge >= 0.3 is 6.03 Å². The molecular formula is C13H17ClN2O3. The third-order valence-electron chi connectivity index (χ3n) is 2.64. The number of urea groups is 1. The molecule has 0 aliphatic carbocycles. The molecule has 1 unspecified atom stereocenters. The number of benzene rings is 1. The first-order chi connectivity index (χ1) is 8.94. The van der Waals surface area contributed by atoms with Gasteiger partial charge in [0.05, 0.1) is 6.61 Å². The second-order valence-electron chi connectivity index (χ2n) is 4.80. The number of rotatable bonds is 3. The Morgan fingerprint density at radius 3 is 2.95 bits per heavy atom. The van der Waals surface area contributed by atoms with Gasteiger partial charge in [0.15, 0.2) is 5.79 Å². The van der Waals surface area contributed by atoms with Gasteiger partial charge in [-0.2, -0.15) is 0 Å². The van der Waals surface area contributed by atoms with E-state index in [0.29, 0.717) is 23.9 Å². The van der Waals surface area contributed by atoms with E-state index in [-0.39, 0.29) is 12.1 Å². The highest BCUT2D eigenvalue weighted by Gasteiger charge is 2.32. The molecule has 2 N–H and O–H groups in total. The van der Waals surface area contributed by atoms with E-state index in [2.05, 4.69) is 10.6 Å². The second-order valence-corrected chi connectivity index (χ2v) is 5.23. The van der Waals surface area contributed by atoms with Crippen molar-refractivity contribution in [3.8, 4) is 0 Å². The van der Waals surface area contributed by atoms with Gasteiger partial charge in [-0.05, 0) is 32.0 Å². The first kappa shape index (κ1) is 14.1. The van der Waals surface area contributed by atoms with E-state index in [4.69, 9.17) is 21.1 Å². The number of nitrogens with one attached hydrogen (secondary N) is 2. The number of carbonyl (C=O) groups is 1. The molecule has 1 aliphatic heterocycles. The summed E-state index contributed by atoms with van der Waals surface area (Å²) in [5.74, 6) is -0.574. The van der Waals surface area contributed by atoms with Gasteiger partial charge in [-0.3, -0.25) is 0 Å². The van der Waals surface area contributed by atoms with Crippen LogP contribution in [0.4, 0.5) is 10.5 Å². The van der Waals surface area contributed by atoms with Crippen LogP contribution in [0.3, 0.4) is 0 Å². The van der Waals surface area contributed by atoms with E-state index in [1.807, 2.05) is 13.8 Å². The highest BCUT2D eigenvalue weighted by molar-refractivity contribution is 6.30. The van der Waals surface area contributed by atoms with E-state index in [1.54, 1.807) is 24.3 Å². The largest absolute Gasteiger partial charge is 0.348 e. The minimum Gasteiger partial charge on any atom is -0.348 e. The van der Waals surface area contributed by atoms with Crippen LogP contribution in [0.25, 0.3) is 0 Å². The number of hydrogen-bond donors (Lipinski definition) is 2. The van der Waals surface area contributed by atoms with Gasteiger partial charge in [-0.15, -0.1) is 0 Å². The van der Waals surface area contributed by atoms with Crippen LogP contribution in [0.15, 0.2) is 24.3 Å². The van der Waals surface area contributed by atoms with E-state index < -0.39 is 5.79 Å². The van der Waals surface area contributed by atoms with Crippen LogP contribution in [0.1, 0.15) is 13.8 Å². The monoisotopic (exact) mass is 284 g/mol. The molecule has 0 bridgehead atoms. The van der Waals surface area contributed by atoms with E-state index in [0.717, 1.165) is 0 Å². The highest BCUT2D eigenvalue weighted by atomic mass is 35.5. The SMILES string of the molecule is CC1(C)OCC(CNC(=O)Nc2cccc(Cl)c2)O1. The highest BCUT2D eigenvalue weighted by Crippen LogP contribution is 2.21. The maximum absolute atomic E-state index is 11.7. The Labute approximate surface area is 117 Å². The molecule has 1 aliphatic rings. The Balaban J connectivity index is 1.76. The molecule has 1 aromatic rings. The van der Waals surface area contributed by atoms with Crippen LogP contribution < -0.4 is 10.6 Å². The Hall–Kier alpha value is -1.30. The van der Waals surface area contributed by atoms with Crippen LogP contribution in [0.2, 0.25) is 5.02 Å². The fourth-order valence-electron chi connectivity index (χ4n) is 1.81. The molecular weight excluding hydrogens is 268 g/mol. The maximum Gasteiger partial charge on any atom is 0.319 e. The van der Waals surface area contributed by atoms with Gasteiger partial charge < -0.3 is 20.1 Å². The van der Waals surface area contributed by atoms with Crippen molar-refractivity contribution in [2.75, 3.05) is 18.5 Å². The zero-order chi connectivity index (χ0) is 13.9. The summed E-state index contributed by atoms with van der Waals surface area (Å²) in [7, 11) is 0. The summed E-state index contributed by atoms with van der Waals surface area (Å²) in [6.07, 6.45) is -0.125. The van der Waals surface area contributed by atoms with E-state index in [9.17, 15) is 4.79 Å². The summed E-state index contributed by atoms with van der Waals surface area (Å²) in [6, 6.07) is 6.67. The maximum atomic E-state index is 11.7. The van der Waals surface area contributed by atoms with Crippen LogP contribution in [-0.4, -0.2) is 31.1 Å². The fourth-order valence-corrected chi connectivity index (χ4v) is 2.00.